The summed E-state index contributed by atoms with van der Waals surface area (Å²) in [5.41, 5.74) is 1.09. The van der Waals surface area contributed by atoms with Crippen LogP contribution in [0.15, 0.2) is 30.3 Å². The first-order valence-corrected chi connectivity index (χ1v) is 10.4. The van der Waals surface area contributed by atoms with Crippen LogP contribution in [0.25, 0.3) is 0 Å². The van der Waals surface area contributed by atoms with Crippen molar-refractivity contribution >= 4 is 32.2 Å². The van der Waals surface area contributed by atoms with E-state index in [4.69, 9.17) is 0 Å². The minimum atomic E-state index is -3.44. The van der Waals surface area contributed by atoms with Gasteiger partial charge in [0.05, 0.1) is 5.75 Å². The average molecular weight is 367 g/mol. The van der Waals surface area contributed by atoms with Crippen molar-refractivity contribution in [2.24, 2.45) is 0 Å². The molecule has 0 unspecified atom stereocenters. The lowest BCUT2D eigenvalue weighted by Gasteiger charge is -2.04. The molecule has 1 aromatic heterocycles. The van der Waals surface area contributed by atoms with Crippen molar-refractivity contribution in [2.75, 3.05) is 16.8 Å². The molecular formula is C16H21N3O3S2. The number of benzene rings is 1. The maximum atomic E-state index is 12.0. The topological polar surface area (TPSA) is 89.0 Å². The molecule has 6 nitrogen and oxygen atoms in total. The number of carbonyl (C=O) groups excluding carboxylic acids is 1. The molecule has 0 radical (unpaired) electrons. The second-order valence-electron chi connectivity index (χ2n) is 5.83. The van der Waals surface area contributed by atoms with Crippen molar-refractivity contribution in [1.29, 1.82) is 0 Å². The summed E-state index contributed by atoms with van der Waals surface area (Å²) >= 11 is 1.26. The van der Waals surface area contributed by atoms with Gasteiger partial charge in [-0.15, -0.1) is 10.2 Å². The van der Waals surface area contributed by atoms with Crippen LogP contribution in [-0.4, -0.2) is 36.0 Å². The quantitative estimate of drug-likeness (QED) is 0.775. The molecule has 0 aliphatic heterocycles. The molecule has 0 fully saturated rings. The summed E-state index contributed by atoms with van der Waals surface area (Å²) in [7, 11) is -3.44. The smallest absolute Gasteiger partial charge is 0.241 e. The average Bonchev–Trinajstić information content (AvgIpc) is 2.96. The third-order valence-corrected chi connectivity index (χ3v) is 6.05. The molecule has 1 N–H and O–H groups in total. The van der Waals surface area contributed by atoms with E-state index in [0.717, 1.165) is 10.6 Å². The largest absolute Gasteiger partial charge is 0.300 e. The van der Waals surface area contributed by atoms with E-state index in [1.807, 2.05) is 44.2 Å². The molecule has 130 valence electrons. The number of rotatable bonds is 8. The molecule has 0 saturated heterocycles. The monoisotopic (exact) mass is 367 g/mol. The number of anilines is 1. The highest BCUT2D eigenvalue weighted by Crippen LogP contribution is 2.22. The summed E-state index contributed by atoms with van der Waals surface area (Å²) in [4.78, 5) is 11.9. The molecule has 0 saturated carbocycles. The molecule has 24 heavy (non-hydrogen) atoms. The lowest BCUT2D eigenvalue weighted by molar-refractivity contribution is -0.113. The van der Waals surface area contributed by atoms with Gasteiger partial charge < -0.3 is 0 Å². The molecule has 0 aliphatic rings. The van der Waals surface area contributed by atoms with Gasteiger partial charge in [0.15, 0.2) is 9.84 Å². The highest BCUT2D eigenvalue weighted by molar-refractivity contribution is 7.92. The van der Waals surface area contributed by atoms with Crippen LogP contribution < -0.4 is 5.32 Å². The third kappa shape index (κ3) is 6.01. The summed E-state index contributed by atoms with van der Waals surface area (Å²) in [6.07, 6.45) is 1.17. The highest BCUT2D eigenvalue weighted by atomic mass is 32.2. The van der Waals surface area contributed by atoms with Crippen LogP contribution >= 0.6 is 11.3 Å². The molecule has 1 heterocycles. The first kappa shape index (κ1) is 18.5. The number of aryl methyl sites for hydroxylation is 1. The van der Waals surface area contributed by atoms with Gasteiger partial charge in [-0.1, -0.05) is 55.5 Å². The van der Waals surface area contributed by atoms with Crippen LogP contribution in [0, 0.1) is 0 Å². The van der Waals surface area contributed by atoms with Crippen LogP contribution in [0.5, 0.6) is 0 Å². The lowest BCUT2D eigenvalue weighted by atomic mass is 10.1. The van der Waals surface area contributed by atoms with Crippen molar-refractivity contribution in [3.05, 3.63) is 40.9 Å². The molecule has 8 heteroatoms. The van der Waals surface area contributed by atoms with Gasteiger partial charge in [0.25, 0.3) is 0 Å². The van der Waals surface area contributed by atoms with Crippen molar-refractivity contribution in [3.8, 4) is 0 Å². The Kier molecular flexibility index (Phi) is 6.44. The maximum Gasteiger partial charge on any atom is 0.241 e. The number of nitrogens with zero attached hydrogens (tertiary/aromatic N) is 2. The molecule has 0 bridgehead atoms. The molecule has 0 spiro atoms. The lowest BCUT2D eigenvalue weighted by Crippen LogP contribution is -2.24. The fourth-order valence-electron chi connectivity index (χ4n) is 2.09. The van der Waals surface area contributed by atoms with Gasteiger partial charge in [0, 0.05) is 5.92 Å². The number of sulfone groups is 1. The predicted molar refractivity (Wildman–Crippen MR) is 96.0 cm³/mol. The fourth-order valence-corrected chi connectivity index (χ4v) is 4.05. The number of hydrogen-bond donors (Lipinski definition) is 1. The molecule has 2 rings (SSSR count). The summed E-state index contributed by atoms with van der Waals surface area (Å²) < 4.78 is 24.1. The Balaban J connectivity index is 1.80. The molecule has 0 atom stereocenters. The maximum absolute atomic E-state index is 12.0. The van der Waals surface area contributed by atoms with Gasteiger partial charge in [-0.3, -0.25) is 10.1 Å². The zero-order valence-electron chi connectivity index (χ0n) is 13.7. The SMILES string of the molecule is CC(C)c1nnc(NC(=O)CS(=O)(=O)CCCc2ccccc2)s1. The molecule has 1 aromatic carbocycles. The van der Waals surface area contributed by atoms with Gasteiger partial charge in [0.2, 0.25) is 11.0 Å². The zero-order valence-corrected chi connectivity index (χ0v) is 15.4. The number of nitrogens with one attached hydrogen (secondary N) is 1. The first-order chi connectivity index (χ1) is 11.4. The number of carbonyl (C=O) groups is 1. The molecule has 0 aliphatic carbocycles. The Hall–Kier alpha value is -1.80. The van der Waals surface area contributed by atoms with Crippen molar-refractivity contribution in [3.63, 3.8) is 0 Å². The van der Waals surface area contributed by atoms with E-state index in [-0.39, 0.29) is 11.7 Å². The third-order valence-electron chi connectivity index (χ3n) is 3.30. The van der Waals surface area contributed by atoms with Gasteiger partial charge in [0.1, 0.15) is 10.8 Å². The minimum Gasteiger partial charge on any atom is -0.300 e. The summed E-state index contributed by atoms with van der Waals surface area (Å²) in [5, 5.41) is 11.5. The van der Waals surface area contributed by atoms with E-state index in [1.165, 1.54) is 11.3 Å². The molecule has 1 amide bonds. The van der Waals surface area contributed by atoms with E-state index in [9.17, 15) is 13.2 Å². The van der Waals surface area contributed by atoms with Crippen molar-refractivity contribution in [1.82, 2.24) is 10.2 Å². The second kappa shape index (κ2) is 8.34. The van der Waals surface area contributed by atoms with Crippen LogP contribution in [0.2, 0.25) is 0 Å². The number of aromatic nitrogens is 2. The number of hydrogen-bond acceptors (Lipinski definition) is 6. The van der Waals surface area contributed by atoms with E-state index in [2.05, 4.69) is 15.5 Å². The minimum absolute atomic E-state index is 0.0112. The summed E-state index contributed by atoms with van der Waals surface area (Å²) in [5.74, 6) is -0.892. The first-order valence-electron chi connectivity index (χ1n) is 7.73. The summed E-state index contributed by atoms with van der Waals surface area (Å²) in [6, 6.07) is 9.68. The van der Waals surface area contributed by atoms with Crippen LogP contribution in [0.1, 0.15) is 36.8 Å². The van der Waals surface area contributed by atoms with Gasteiger partial charge >= 0.3 is 0 Å². The van der Waals surface area contributed by atoms with Crippen LogP contribution in [0.3, 0.4) is 0 Å². The summed E-state index contributed by atoms with van der Waals surface area (Å²) in [6.45, 7) is 3.95. The fraction of sp³-hybridized carbons (Fsp3) is 0.438. The highest BCUT2D eigenvalue weighted by Gasteiger charge is 2.18. The van der Waals surface area contributed by atoms with Gasteiger partial charge in [-0.05, 0) is 18.4 Å². The van der Waals surface area contributed by atoms with Crippen LogP contribution in [-0.2, 0) is 21.1 Å². The predicted octanol–water partition coefficient (Wildman–Crippen LogP) is 2.65. The standard InChI is InChI=1S/C16H21N3O3S2/c1-12(2)15-18-19-16(23-15)17-14(20)11-24(21,22)10-6-9-13-7-4-3-5-8-13/h3-5,7-8,12H,6,9-11H2,1-2H3,(H,17,19,20). The van der Waals surface area contributed by atoms with E-state index in [1.54, 1.807) is 0 Å². The second-order valence-corrected chi connectivity index (χ2v) is 9.02. The Morgan fingerprint density at radius 3 is 2.54 bits per heavy atom. The normalized spacial score (nSPS) is 11.6. The van der Waals surface area contributed by atoms with Gasteiger partial charge in [-0.2, -0.15) is 0 Å². The Morgan fingerprint density at radius 1 is 1.21 bits per heavy atom. The van der Waals surface area contributed by atoms with Crippen LogP contribution in [0.4, 0.5) is 5.13 Å². The molecular weight excluding hydrogens is 346 g/mol. The van der Waals surface area contributed by atoms with Crippen molar-refractivity contribution < 1.29 is 13.2 Å². The Labute approximate surface area is 146 Å². The molecule has 2 aromatic rings. The Bertz CT molecular complexity index is 771. The Morgan fingerprint density at radius 2 is 1.92 bits per heavy atom. The van der Waals surface area contributed by atoms with E-state index < -0.39 is 21.5 Å². The van der Waals surface area contributed by atoms with Gasteiger partial charge in [-0.25, -0.2) is 8.42 Å². The number of amides is 1. The van der Waals surface area contributed by atoms with E-state index >= 15 is 0 Å². The van der Waals surface area contributed by atoms with Crippen molar-refractivity contribution in [2.45, 2.75) is 32.6 Å². The van der Waals surface area contributed by atoms with E-state index in [0.29, 0.717) is 18.0 Å². The zero-order chi connectivity index (χ0) is 17.6.